The Balaban J connectivity index is 0.000000211. The number of phenolic OH excluding ortho intramolecular Hbond substituents is 1. The molecular weight excluding hydrogens is 386 g/mol. The van der Waals surface area contributed by atoms with Crippen LogP contribution in [-0.4, -0.2) is 29.4 Å². The lowest BCUT2D eigenvalue weighted by Gasteiger charge is -1.99. The van der Waals surface area contributed by atoms with E-state index >= 15 is 0 Å². The molecule has 3 aromatic rings. The fourth-order valence-corrected chi connectivity index (χ4v) is 2.34. The molecular formula is C17H15N5O7. The molecule has 3 rings (SSSR count). The first-order valence-electron chi connectivity index (χ1n) is 7.97. The maximum atomic E-state index is 10.4. The first kappa shape index (κ1) is 21.0. The zero-order valence-corrected chi connectivity index (χ0v) is 15.3. The molecule has 29 heavy (non-hydrogen) atoms. The van der Waals surface area contributed by atoms with Crippen molar-refractivity contribution in [3.8, 4) is 17.0 Å². The van der Waals surface area contributed by atoms with E-state index < -0.39 is 37.6 Å². The highest BCUT2D eigenvalue weighted by Crippen LogP contribution is 2.38. The van der Waals surface area contributed by atoms with E-state index in [0.717, 1.165) is 5.69 Å². The highest BCUT2D eigenvalue weighted by molar-refractivity contribution is 5.64. The minimum atomic E-state index is -1.21. The summed E-state index contributed by atoms with van der Waals surface area (Å²) in [6.07, 6.45) is 1.84. The van der Waals surface area contributed by atoms with Crippen LogP contribution < -0.4 is 0 Å². The largest absolute Gasteiger partial charge is 0.497 e. The SMILES string of the molecule is Cc1c(-c2ccccc2)ncn1C.O=[N+]([O-])c1cc([N+](=O)[O-])c(O)c([N+](=O)[O-])c1. The van der Waals surface area contributed by atoms with E-state index in [1.165, 1.54) is 11.3 Å². The van der Waals surface area contributed by atoms with Crippen molar-refractivity contribution in [3.05, 3.63) is 84.8 Å². The van der Waals surface area contributed by atoms with Crippen molar-refractivity contribution in [2.24, 2.45) is 7.05 Å². The normalized spacial score (nSPS) is 10.0. The van der Waals surface area contributed by atoms with Crippen molar-refractivity contribution in [3.63, 3.8) is 0 Å². The van der Waals surface area contributed by atoms with Crippen molar-refractivity contribution in [1.82, 2.24) is 9.55 Å². The number of hydrogen-bond acceptors (Lipinski definition) is 8. The molecule has 0 unspecified atom stereocenters. The number of nitro groups is 3. The van der Waals surface area contributed by atoms with Gasteiger partial charge in [0.15, 0.2) is 0 Å². The Hall–Kier alpha value is -4.35. The van der Waals surface area contributed by atoms with Crippen LogP contribution >= 0.6 is 0 Å². The molecule has 0 amide bonds. The summed E-state index contributed by atoms with van der Waals surface area (Å²) in [5, 5.41) is 40.2. The van der Waals surface area contributed by atoms with Crippen molar-refractivity contribution >= 4 is 17.1 Å². The summed E-state index contributed by atoms with van der Waals surface area (Å²) in [4.78, 5) is 32.1. The molecule has 0 fully saturated rings. The zero-order valence-electron chi connectivity index (χ0n) is 15.3. The van der Waals surface area contributed by atoms with Crippen molar-refractivity contribution < 1.29 is 19.9 Å². The number of aromatic hydroxyl groups is 1. The van der Waals surface area contributed by atoms with Gasteiger partial charge in [-0.3, -0.25) is 30.3 Å². The first-order valence-corrected chi connectivity index (χ1v) is 7.97. The third-order valence-electron chi connectivity index (χ3n) is 3.94. The van der Waals surface area contributed by atoms with Crippen LogP contribution in [0.2, 0.25) is 0 Å². The Kier molecular flexibility index (Phi) is 6.19. The van der Waals surface area contributed by atoms with Gasteiger partial charge in [-0.05, 0) is 6.92 Å². The Morgan fingerprint density at radius 1 is 0.931 bits per heavy atom. The summed E-state index contributed by atoms with van der Waals surface area (Å²) < 4.78 is 2.03. The third-order valence-corrected chi connectivity index (χ3v) is 3.94. The molecule has 0 saturated carbocycles. The number of rotatable bonds is 4. The van der Waals surface area contributed by atoms with Crippen LogP contribution in [0.25, 0.3) is 11.3 Å². The van der Waals surface area contributed by atoms with Gasteiger partial charge in [0.25, 0.3) is 11.4 Å². The standard InChI is InChI=1S/C11H12N2.C6H3N3O7/c1-9-11(12-8-13(9)2)10-6-4-3-5-7-10;10-6-4(8(13)14)1-3(7(11)12)2-5(6)9(15)16/h3-8H,1-2H3;1-2,10H. The van der Waals surface area contributed by atoms with Gasteiger partial charge in [0.1, 0.15) is 0 Å². The number of non-ortho nitro benzene ring substituents is 1. The van der Waals surface area contributed by atoms with Gasteiger partial charge in [-0.25, -0.2) is 4.98 Å². The van der Waals surface area contributed by atoms with E-state index in [4.69, 9.17) is 5.11 Å². The summed E-state index contributed by atoms with van der Waals surface area (Å²) in [6.45, 7) is 2.08. The zero-order chi connectivity index (χ0) is 21.7. The second-order valence-electron chi connectivity index (χ2n) is 5.76. The predicted octanol–water partition coefficient (Wildman–Crippen LogP) is 3.51. The van der Waals surface area contributed by atoms with Gasteiger partial charge in [-0.2, -0.15) is 0 Å². The topological polar surface area (TPSA) is 167 Å². The van der Waals surface area contributed by atoms with E-state index in [1.54, 1.807) is 0 Å². The summed E-state index contributed by atoms with van der Waals surface area (Å²) in [5.74, 6) is -1.21. The van der Waals surface area contributed by atoms with E-state index in [9.17, 15) is 30.3 Å². The minimum Gasteiger partial charge on any atom is -0.497 e. The highest BCUT2D eigenvalue weighted by atomic mass is 16.6. The van der Waals surface area contributed by atoms with Gasteiger partial charge in [0.2, 0.25) is 0 Å². The number of benzene rings is 2. The Morgan fingerprint density at radius 2 is 1.45 bits per heavy atom. The summed E-state index contributed by atoms with van der Waals surface area (Å²) in [7, 11) is 2.01. The van der Waals surface area contributed by atoms with Crippen LogP contribution in [0.3, 0.4) is 0 Å². The molecule has 0 saturated heterocycles. The van der Waals surface area contributed by atoms with Crippen LogP contribution in [-0.2, 0) is 7.05 Å². The van der Waals surface area contributed by atoms with Crippen LogP contribution in [0.1, 0.15) is 5.69 Å². The van der Waals surface area contributed by atoms with E-state index in [-0.39, 0.29) is 0 Å². The molecule has 12 heteroatoms. The van der Waals surface area contributed by atoms with Gasteiger partial charge in [-0.15, -0.1) is 0 Å². The van der Waals surface area contributed by atoms with Crippen molar-refractivity contribution in [1.29, 1.82) is 0 Å². The van der Waals surface area contributed by atoms with Crippen LogP contribution in [0.4, 0.5) is 17.1 Å². The van der Waals surface area contributed by atoms with Crippen LogP contribution in [0.5, 0.6) is 5.75 Å². The molecule has 1 N–H and O–H groups in total. The number of aromatic nitrogens is 2. The molecule has 0 aliphatic carbocycles. The van der Waals surface area contributed by atoms with Crippen LogP contribution in [0, 0.1) is 37.3 Å². The van der Waals surface area contributed by atoms with E-state index in [0.29, 0.717) is 12.1 Å². The number of nitrogens with zero attached hydrogens (tertiary/aromatic N) is 5. The fraction of sp³-hybridized carbons (Fsp3) is 0.118. The van der Waals surface area contributed by atoms with Gasteiger partial charge in [0.05, 0.1) is 38.9 Å². The Bertz CT molecular complexity index is 1040. The molecule has 0 spiro atoms. The second-order valence-corrected chi connectivity index (χ2v) is 5.76. The second kappa shape index (κ2) is 8.56. The quantitative estimate of drug-likeness (QED) is 0.511. The van der Waals surface area contributed by atoms with Gasteiger partial charge < -0.3 is 9.67 Å². The summed E-state index contributed by atoms with van der Waals surface area (Å²) >= 11 is 0. The highest BCUT2D eigenvalue weighted by Gasteiger charge is 2.30. The number of phenols is 1. The lowest BCUT2D eigenvalue weighted by atomic mass is 10.1. The Morgan fingerprint density at radius 3 is 1.83 bits per heavy atom. The summed E-state index contributed by atoms with van der Waals surface area (Å²) in [5.41, 5.74) is 0.452. The maximum Gasteiger partial charge on any atom is 0.324 e. The first-order chi connectivity index (χ1) is 13.6. The maximum absolute atomic E-state index is 10.4. The van der Waals surface area contributed by atoms with Gasteiger partial charge in [-0.1, -0.05) is 30.3 Å². The van der Waals surface area contributed by atoms with E-state index in [1.807, 2.05) is 36.1 Å². The smallest absolute Gasteiger partial charge is 0.324 e. The van der Waals surface area contributed by atoms with Crippen molar-refractivity contribution in [2.45, 2.75) is 6.92 Å². The average Bonchev–Trinajstić information content (AvgIpc) is 3.01. The van der Waals surface area contributed by atoms with E-state index in [2.05, 4.69) is 24.0 Å². The molecule has 0 bridgehead atoms. The average molecular weight is 401 g/mol. The monoisotopic (exact) mass is 401 g/mol. The molecule has 0 radical (unpaired) electrons. The molecule has 1 heterocycles. The minimum absolute atomic E-state index is 0.447. The number of imidazole rings is 1. The molecule has 0 aliphatic rings. The van der Waals surface area contributed by atoms with Gasteiger partial charge in [0, 0.05) is 18.3 Å². The lowest BCUT2D eigenvalue weighted by Crippen LogP contribution is -1.97. The molecule has 0 atom stereocenters. The molecule has 0 aliphatic heterocycles. The summed E-state index contributed by atoms with van der Waals surface area (Å²) in [6, 6.07) is 11.1. The predicted molar refractivity (Wildman–Crippen MR) is 101 cm³/mol. The molecule has 2 aromatic carbocycles. The molecule has 1 aromatic heterocycles. The third kappa shape index (κ3) is 4.68. The lowest BCUT2D eigenvalue weighted by molar-refractivity contribution is -0.404. The number of aryl methyl sites for hydroxylation is 1. The number of nitro benzene ring substituents is 3. The Labute approximate surface area is 163 Å². The molecule has 12 nitrogen and oxygen atoms in total. The number of hydrogen-bond donors (Lipinski definition) is 1. The fourth-order valence-electron chi connectivity index (χ4n) is 2.34. The van der Waals surface area contributed by atoms with Crippen LogP contribution in [0.15, 0.2) is 48.8 Å². The van der Waals surface area contributed by atoms with Crippen molar-refractivity contribution in [2.75, 3.05) is 0 Å². The van der Waals surface area contributed by atoms with Gasteiger partial charge >= 0.3 is 11.4 Å². The molecule has 150 valence electrons.